The Balaban J connectivity index is 2.27. The Morgan fingerprint density at radius 1 is 1.41 bits per heavy atom. The van der Waals surface area contributed by atoms with Crippen LogP contribution in [0.2, 0.25) is 5.02 Å². The number of nitrogen functional groups attached to an aromatic ring is 1. The van der Waals surface area contributed by atoms with E-state index >= 15 is 0 Å². The van der Waals surface area contributed by atoms with E-state index in [1.807, 2.05) is 0 Å². The van der Waals surface area contributed by atoms with Gasteiger partial charge in [-0.25, -0.2) is 0 Å². The number of aryl methyl sites for hydroxylation is 1. The molecule has 0 radical (unpaired) electrons. The minimum Gasteiger partial charge on any atom is -0.454 e. The Morgan fingerprint density at radius 2 is 2.24 bits per heavy atom. The fourth-order valence-corrected chi connectivity index (χ4v) is 2.09. The van der Waals surface area contributed by atoms with Crippen molar-refractivity contribution < 1.29 is 9.47 Å². The third-order valence-electron chi connectivity index (χ3n) is 2.74. The van der Waals surface area contributed by atoms with Gasteiger partial charge in [0.25, 0.3) is 0 Å². The fraction of sp³-hybridized carbons (Fsp3) is 0.182. The van der Waals surface area contributed by atoms with Crippen LogP contribution in [0.15, 0.2) is 18.3 Å². The number of hydrogen-bond donors (Lipinski definition) is 1. The van der Waals surface area contributed by atoms with Crippen LogP contribution in [0.1, 0.15) is 0 Å². The Bertz CT molecular complexity index is 595. The van der Waals surface area contributed by atoms with E-state index in [0.717, 1.165) is 11.1 Å². The highest BCUT2D eigenvalue weighted by atomic mass is 35.5. The van der Waals surface area contributed by atoms with Gasteiger partial charge in [-0.15, -0.1) is 0 Å². The van der Waals surface area contributed by atoms with Crippen molar-refractivity contribution in [1.82, 2.24) is 9.78 Å². The van der Waals surface area contributed by atoms with Gasteiger partial charge < -0.3 is 15.2 Å². The molecular weight excluding hydrogens is 242 g/mol. The number of benzene rings is 1. The highest BCUT2D eigenvalue weighted by Crippen LogP contribution is 2.46. The van der Waals surface area contributed by atoms with E-state index in [2.05, 4.69) is 5.10 Å². The molecule has 1 aromatic carbocycles. The average molecular weight is 252 g/mol. The summed E-state index contributed by atoms with van der Waals surface area (Å²) in [6, 6.07) is 3.54. The van der Waals surface area contributed by atoms with Crippen molar-refractivity contribution >= 4 is 17.4 Å². The highest BCUT2D eigenvalue weighted by molar-refractivity contribution is 6.34. The van der Waals surface area contributed by atoms with E-state index in [4.69, 9.17) is 26.8 Å². The zero-order valence-electron chi connectivity index (χ0n) is 9.11. The average Bonchev–Trinajstić information content (AvgIpc) is 2.89. The van der Waals surface area contributed by atoms with Gasteiger partial charge in [-0.1, -0.05) is 11.6 Å². The maximum Gasteiger partial charge on any atom is 0.231 e. The van der Waals surface area contributed by atoms with Crippen LogP contribution in [0.4, 0.5) is 5.82 Å². The molecule has 0 aliphatic carbocycles. The molecule has 6 heteroatoms. The van der Waals surface area contributed by atoms with Crippen molar-refractivity contribution in [2.45, 2.75) is 0 Å². The summed E-state index contributed by atoms with van der Waals surface area (Å²) in [5.74, 6) is 1.83. The lowest BCUT2D eigenvalue weighted by Gasteiger charge is -2.07. The number of rotatable bonds is 1. The first-order chi connectivity index (χ1) is 8.18. The molecule has 2 heterocycles. The van der Waals surface area contributed by atoms with Crippen LogP contribution in [0, 0.1) is 0 Å². The molecule has 0 spiro atoms. The Labute approximate surface area is 103 Å². The molecule has 5 nitrogen and oxygen atoms in total. The number of halogens is 1. The van der Waals surface area contributed by atoms with E-state index in [1.165, 1.54) is 0 Å². The van der Waals surface area contributed by atoms with Gasteiger partial charge in [0.15, 0.2) is 11.5 Å². The van der Waals surface area contributed by atoms with Gasteiger partial charge in [0.2, 0.25) is 6.79 Å². The van der Waals surface area contributed by atoms with Crippen LogP contribution in [-0.4, -0.2) is 16.6 Å². The SMILES string of the molecule is Cn1ncc(-c2c(Cl)ccc3c2OCO3)c1N. The molecule has 1 aliphatic rings. The minimum absolute atomic E-state index is 0.197. The number of fused-ring (bicyclic) bond motifs is 1. The third kappa shape index (κ3) is 1.43. The van der Waals surface area contributed by atoms with E-state index in [1.54, 1.807) is 30.1 Å². The summed E-state index contributed by atoms with van der Waals surface area (Å²) in [7, 11) is 1.77. The van der Waals surface area contributed by atoms with Crippen molar-refractivity contribution in [3.05, 3.63) is 23.4 Å². The van der Waals surface area contributed by atoms with Gasteiger partial charge in [0.1, 0.15) is 5.82 Å². The van der Waals surface area contributed by atoms with Crippen molar-refractivity contribution in [2.75, 3.05) is 12.5 Å². The normalized spacial score (nSPS) is 13.1. The molecule has 1 aliphatic heterocycles. The van der Waals surface area contributed by atoms with Crippen LogP contribution >= 0.6 is 11.6 Å². The first-order valence-electron chi connectivity index (χ1n) is 5.04. The van der Waals surface area contributed by atoms with E-state index in [-0.39, 0.29) is 6.79 Å². The smallest absolute Gasteiger partial charge is 0.231 e. The van der Waals surface area contributed by atoms with Gasteiger partial charge in [0, 0.05) is 12.6 Å². The molecule has 0 atom stereocenters. The van der Waals surface area contributed by atoms with Gasteiger partial charge in [-0.05, 0) is 12.1 Å². The van der Waals surface area contributed by atoms with Crippen LogP contribution in [0.3, 0.4) is 0 Å². The number of nitrogens with zero attached hydrogens (tertiary/aromatic N) is 2. The van der Waals surface area contributed by atoms with Gasteiger partial charge in [0.05, 0.1) is 16.8 Å². The van der Waals surface area contributed by atoms with Crippen molar-refractivity contribution in [3.63, 3.8) is 0 Å². The molecule has 0 saturated heterocycles. The number of ether oxygens (including phenoxy) is 2. The molecule has 0 bridgehead atoms. The summed E-state index contributed by atoms with van der Waals surface area (Å²) in [5, 5.41) is 4.66. The first kappa shape index (κ1) is 10.3. The second-order valence-electron chi connectivity index (χ2n) is 3.72. The predicted molar refractivity (Wildman–Crippen MR) is 64.2 cm³/mol. The molecule has 0 amide bonds. The number of nitrogens with two attached hydrogens (primary N) is 1. The molecule has 0 saturated carbocycles. The van der Waals surface area contributed by atoms with E-state index in [9.17, 15) is 0 Å². The van der Waals surface area contributed by atoms with Crippen molar-refractivity contribution in [1.29, 1.82) is 0 Å². The maximum absolute atomic E-state index is 6.20. The summed E-state index contributed by atoms with van der Waals surface area (Å²) < 4.78 is 12.3. The van der Waals surface area contributed by atoms with Crippen LogP contribution in [-0.2, 0) is 7.05 Å². The Morgan fingerprint density at radius 3 is 2.94 bits per heavy atom. The fourth-order valence-electron chi connectivity index (χ4n) is 1.84. The summed E-state index contributed by atoms with van der Waals surface area (Å²) in [6.45, 7) is 0.197. The van der Waals surface area contributed by atoms with Gasteiger partial charge >= 0.3 is 0 Å². The lowest BCUT2D eigenvalue weighted by molar-refractivity contribution is 0.174. The van der Waals surface area contributed by atoms with Gasteiger partial charge in [-0.2, -0.15) is 5.10 Å². The predicted octanol–water partition coefficient (Wildman–Crippen LogP) is 2.05. The number of hydrogen-bond acceptors (Lipinski definition) is 4. The van der Waals surface area contributed by atoms with Crippen molar-refractivity contribution in [3.8, 4) is 22.6 Å². The first-order valence-corrected chi connectivity index (χ1v) is 5.42. The Kier molecular flexibility index (Phi) is 2.16. The highest BCUT2D eigenvalue weighted by Gasteiger charge is 2.24. The third-order valence-corrected chi connectivity index (χ3v) is 3.06. The summed E-state index contributed by atoms with van der Waals surface area (Å²) >= 11 is 6.20. The molecule has 3 rings (SSSR count). The molecule has 88 valence electrons. The molecule has 1 aromatic heterocycles. The summed E-state index contributed by atoms with van der Waals surface area (Å²) in [6.07, 6.45) is 1.67. The number of anilines is 1. The van der Waals surface area contributed by atoms with Gasteiger partial charge in [-0.3, -0.25) is 4.68 Å². The number of aromatic nitrogens is 2. The summed E-state index contributed by atoms with van der Waals surface area (Å²) in [4.78, 5) is 0. The Hall–Kier alpha value is -1.88. The second-order valence-corrected chi connectivity index (χ2v) is 4.13. The quantitative estimate of drug-likeness (QED) is 0.843. The molecule has 0 fully saturated rings. The van der Waals surface area contributed by atoms with Crippen molar-refractivity contribution in [2.24, 2.45) is 7.05 Å². The van der Waals surface area contributed by atoms with Crippen LogP contribution in [0.25, 0.3) is 11.1 Å². The lowest BCUT2D eigenvalue weighted by Crippen LogP contribution is -1.98. The maximum atomic E-state index is 6.20. The minimum atomic E-state index is 0.197. The monoisotopic (exact) mass is 251 g/mol. The molecule has 0 unspecified atom stereocenters. The molecule has 2 N–H and O–H groups in total. The molecular formula is C11H10ClN3O2. The molecule has 2 aromatic rings. The standard InChI is InChI=1S/C11H10ClN3O2/c1-15-11(13)6(4-14-15)9-7(12)2-3-8-10(9)17-5-16-8/h2-4H,5,13H2,1H3. The largest absolute Gasteiger partial charge is 0.454 e. The van der Waals surface area contributed by atoms with Crippen LogP contribution in [0.5, 0.6) is 11.5 Å². The molecule has 17 heavy (non-hydrogen) atoms. The summed E-state index contributed by atoms with van der Waals surface area (Å²) in [5.41, 5.74) is 7.42. The van der Waals surface area contributed by atoms with Crippen LogP contribution < -0.4 is 15.2 Å². The van der Waals surface area contributed by atoms with E-state index in [0.29, 0.717) is 22.3 Å². The second kappa shape index (κ2) is 3.56. The van der Waals surface area contributed by atoms with E-state index < -0.39 is 0 Å². The zero-order chi connectivity index (χ0) is 12.0. The zero-order valence-corrected chi connectivity index (χ0v) is 9.86. The topological polar surface area (TPSA) is 62.3 Å². The lowest BCUT2D eigenvalue weighted by atomic mass is 10.1.